The second kappa shape index (κ2) is 6.89. The molecule has 4 heteroatoms. The van der Waals surface area contributed by atoms with E-state index in [1.807, 2.05) is 6.08 Å². The van der Waals surface area contributed by atoms with E-state index in [0.29, 0.717) is 0 Å². The van der Waals surface area contributed by atoms with Crippen molar-refractivity contribution in [3.63, 3.8) is 0 Å². The zero-order chi connectivity index (χ0) is 12.7. The van der Waals surface area contributed by atoms with Crippen LogP contribution in [0.2, 0.25) is 0 Å². The molecule has 0 aromatic carbocycles. The van der Waals surface area contributed by atoms with Gasteiger partial charge in [0.2, 0.25) is 0 Å². The van der Waals surface area contributed by atoms with Crippen molar-refractivity contribution in [1.29, 1.82) is 0 Å². The van der Waals surface area contributed by atoms with Crippen LogP contribution in [0.5, 0.6) is 0 Å². The van der Waals surface area contributed by atoms with Crippen LogP contribution in [-0.4, -0.2) is 25.7 Å². The summed E-state index contributed by atoms with van der Waals surface area (Å²) in [7, 11) is 1.31. The summed E-state index contributed by atoms with van der Waals surface area (Å²) in [6.45, 7) is 1.93. The maximum absolute atomic E-state index is 11.4. The standard InChI is InChI=1S/C13H18O4/c1-10(13(15)16-2)8-12(14)17-9-11-6-4-3-5-7-11/h4,6-7,10H,3,5,8-9H2,1-2H3. The first-order valence-electron chi connectivity index (χ1n) is 5.72. The van der Waals surface area contributed by atoms with Gasteiger partial charge in [-0.15, -0.1) is 0 Å². The predicted octanol–water partition coefficient (Wildman–Crippen LogP) is 2.01. The highest BCUT2D eigenvalue weighted by atomic mass is 16.5. The van der Waals surface area contributed by atoms with Crippen molar-refractivity contribution in [2.75, 3.05) is 13.7 Å². The maximum atomic E-state index is 11.4. The molecule has 0 aromatic rings. The Labute approximate surface area is 101 Å². The molecule has 0 saturated carbocycles. The molecule has 1 atom stereocenters. The monoisotopic (exact) mass is 238 g/mol. The van der Waals surface area contributed by atoms with Gasteiger partial charge in [0.15, 0.2) is 0 Å². The summed E-state index contributed by atoms with van der Waals surface area (Å²) >= 11 is 0. The normalized spacial score (nSPS) is 16.0. The van der Waals surface area contributed by atoms with Crippen LogP contribution in [0.4, 0.5) is 0 Å². The molecule has 0 bridgehead atoms. The Hall–Kier alpha value is -1.58. The van der Waals surface area contributed by atoms with Crippen LogP contribution < -0.4 is 0 Å². The summed E-state index contributed by atoms with van der Waals surface area (Å²) in [6, 6.07) is 0. The molecule has 4 nitrogen and oxygen atoms in total. The van der Waals surface area contributed by atoms with Gasteiger partial charge in [0.1, 0.15) is 6.61 Å². The minimum absolute atomic E-state index is 0.0592. The number of methoxy groups -OCH3 is 1. The Balaban J connectivity index is 2.28. The SMILES string of the molecule is COC(=O)C(C)CC(=O)OCC1=CCCC=C1. The molecule has 0 fully saturated rings. The average Bonchev–Trinajstić information content (AvgIpc) is 2.36. The first-order chi connectivity index (χ1) is 8.13. The smallest absolute Gasteiger partial charge is 0.308 e. The van der Waals surface area contributed by atoms with E-state index in [0.717, 1.165) is 18.4 Å². The molecule has 0 aliphatic heterocycles. The fourth-order valence-corrected chi connectivity index (χ4v) is 1.53. The van der Waals surface area contributed by atoms with Gasteiger partial charge in [-0.25, -0.2) is 0 Å². The molecule has 0 spiro atoms. The highest BCUT2D eigenvalue weighted by Gasteiger charge is 2.18. The van der Waals surface area contributed by atoms with Gasteiger partial charge in [0.25, 0.3) is 0 Å². The number of hydrogen-bond acceptors (Lipinski definition) is 4. The van der Waals surface area contributed by atoms with Crippen molar-refractivity contribution in [3.05, 3.63) is 23.8 Å². The summed E-state index contributed by atoms with van der Waals surface area (Å²) in [5, 5.41) is 0. The third-order valence-corrected chi connectivity index (χ3v) is 2.55. The van der Waals surface area contributed by atoms with Gasteiger partial charge >= 0.3 is 11.9 Å². The number of carbonyl (C=O) groups excluding carboxylic acids is 2. The molecule has 17 heavy (non-hydrogen) atoms. The second-order valence-electron chi connectivity index (χ2n) is 4.05. The van der Waals surface area contributed by atoms with E-state index in [-0.39, 0.29) is 19.0 Å². The third kappa shape index (κ3) is 4.85. The molecule has 0 heterocycles. The minimum Gasteiger partial charge on any atom is -0.469 e. The Kier molecular flexibility index (Phi) is 5.46. The van der Waals surface area contributed by atoms with Gasteiger partial charge in [-0.3, -0.25) is 9.59 Å². The van der Waals surface area contributed by atoms with Crippen molar-refractivity contribution in [3.8, 4) is 0 Å². The molecule has 0 saturated heterocycles. The van der Waals surface area contributed by atoms with Gasteiger partial charge in [-0.2, -0.15) is 0 Å². The lowest BCUT2D eigenvalue weighted by Gasteiger charge is -2.10. The molecule has 1 unspecified atom stereocenters. The first kappa shape index (κ1) is 13.5. The second-order valence-corrected chi connectivity index (χ2v) is 4.05. The number of rotatable bonds is 5. The Morgan fingerprint density at radius 3 is 2.76 bits per heavy atom. The molecule has 94 valence electrons. The predicted molar refractivity (Wildman–Crippen MR) is 63.2 cm³/mol. The number of carbonyl (C=O) groups is 2. The van der Waals surface area contributed by atoms with Crippen molar-refractivity contribution in [2.45, 2.75) is 26.2 Å². The topological polar surface area (TPSA) is 52.6 Å². The van der Waals surface area contributed by atoms with Crippen LogP contribution in [0.1, 0.15) is 26.2 Å². The van der Waals surface area contributed by atoms with Gasteiger partial charge < -0.3 is 9.47 Å². The largest absolute Gasteiger partial charge is 0.469 e. The number of hydrogen-bond donors (Lipinski definition) is 0. The van der Waals surface area contributed by atoms with Crippen LogP contribution in [0, 0.1) is 5.92 Å². The van der Waals surface area contributed by atoms with Crippen LogP contribution in [0.25, 0.3) is 0 Å². The zero-order valence-electron chi connectivity index (χ0n) is 10.3. The molecule has 1 rings (SSSR count). The van der Waals surface area contributed by atoms with Gasteiger partial charge in [-0.1, -0.05) is 25.2 Å². The summed E-state index contributed by atoms with van der Waals surface area (Å²) in [6.07, 6.45) is 8.15. The molecule has 1 aliphatic carbocycles. The molecule has 1 aliphatic rings. The van der Waals surface area contributed by atoms with Gasteiger partial charge in [0, 0.05) is 0 Å². The summed E-state index contributed by atoms with van der Waals surface area (Å²) in [5.74, 6) is -1.22. The lowest BCUT2D eigenvalue weighted by atomic mass is 10.1. The summed E-state index contributed by atoms with van der Waals surface area (Å²) < 4.78 is 9.62. The molecular weight excluding hydrogens is 220 g/mol. The Bertz CT molecular complexity index is 341. The van der Waals surface area contributed by atoms with Crippen LogP contribution in [0.3, 0.4) is 0 Å². The highest BCUT2D eigenvalue weighted by Crippen LogP contribution is 2.11. The first-order valence-corrected chi connectivity index (χ1v) is 5.72. The maximum Gasteiger partial charge on any atom is 0.308 e. The van der Waals surface area contributed by atoms with E-state index in [1.54, 1.807) is 6.92 Å². The lowest BCUT2D eigenvalue weighted by molar-refractivity contribution is -0.152. The van der Waals surface area contributed by atoms with Crippen molar-refractivity contribution in [2.24, 2.45) is 5.92 Å². The Morgan fingerprint density at radius 1 is 1.41 bits per heavy atom. The minimum atomic E-state index is -0.455. The highest BCUT2D eigenvalue weighted by molar-refractivity contribution is 5.79. The van der Waals surface area contributed by atoms with E-state index in [2.05, 4.69) is 16.9 Å². The number of ether oxygens (including phenoxy) is 2. The summed E-state index contributed by atoms with van der Waals surface area (Å²) in [5.41, 5.74) is 1.01. The van der Waals surface area contributed by atoms with Crippen LogP contribution >= 0.6 is 0 Å². The lowest BCUT2D eigenvalue weighted by Crippen LogP contribution is -2.18. The van der Waals surface area contributed by atoms with Crippen LogP contribution in [-0.2, 0) is 19.1 Å². The van der Waals surface area contributed by atoms with E-state index in [4.69, 9.17) is 4.74 Å². The average molecular weight is 238 g/mol. The quantitative estimate of drug-likeness (QED) is 0.687. The van der Waals surface area contributed by atoms with Gasteiger partial charge in [0.05, 0.1) is 19.4 Å². The van der Waals surface area contributed by atoms with Crippen molar-refractivity contribution in [1.82, 2.24) is 0 Å². The third-order valence-electron chi connectivity index (χ3n) is 2.55. The van der Waals surface area contributed by atoms with E-state index in [1.165, 1.54) is 7.11 Å². The summed E-state index contributed by atoms with van der Waals surface area (Å²) in [4.78, 5) is 22.5. The number of allylic oxidation sites excluding steroid dienone is 2. The fraction of sp³-hybridized carbons (Fsp3) is 0.538. The van der Waals surface area contributed by atoms with Gasteiger partial charge in [-0.05, 0) is 18.4 Å². The van der Waals surface area contributed by atoms with Crippen molar-refractivity contribution < 1.29 is 19.1 Å². The van der Waals surface area contributed by atoms with E-state index < -0.39 is 11.9 Å². The Morgan fingerprint density at radius 2 is 2.18 bits per heavy atom. The van der Waals surface area contributed by atoms with Crippen molar-refractivity contribution >= 4 is 11.9 Å². The van der Waals surface area contributed by atoms with E-state index >= 15 is 0 Å². The molecule has 0 radical (unpaired) electrons. The molecular formula is C13H18O4. The molecule has 0 N–H and O–H groups in total. The van der Waals surface area contributed by atoms with E-state index in [9.17, 15) is 9.59 Å². The van der Waals surface area contributed by atoms with Crippen LogP contribution in [0.15, 0.2) is 23.8 Å². The number of esters is 2. The molecule has 0 aromatic heterocycles. The molecule has 0 amide bonds. The zero-order valence-corrected chi connectivity index (χ0v) is 10.3. The fourth-order valence-electron chi connectivity index (χ4n) is 1.53.